The van der Waals surface area contributed by atoms with Gasteiger partial charge >= 0.3 is 5.97 Å². The molecular formula is C33H41N3O4. The van der Waals surface area contributed by atoms with Crippen LogP contribution in [0, 0.1) is 5.92 Å². The van der Waals surface area contributed by atoms with Crippen molar-refractivity contribution in [1.29, 1.82) is 0 Å². The second-order valence-corrected chi connectivity index (χ2v) is 10.5. The van der Waals surface area contributed by atoms with E-state index in [2.05, 4.69) is 35.0 Å². The summed E-state index contributed by atoms with van der Waals surface area (Å²) in [7, 11) is 0. The van der Waals surface area contributed by atoms with E-state index in [0.29, 0.717) is 19.4 Å². The molecule has 0 aliphatic carbocycles. The van der Waals surface area contributed by atoms with E-state index in [4.69, 9.17) is 4.74 Å². The molecule has 3 N–H and O–H groups in total. The van der Waals surface area contributed by atoms with Crippen LogP contribution >= 0.6 is 0 Å². The molecule has 7 heteroatoms. The van der Waals surface area contributed by atoms with E-state index < -0.39 is 24.0 Å². The van der Waals surface area contributed by atoms with Gasteiger partial charge < -0.3 is 20.7 Å². The lowest BCUT2D eigenvalue weighted by molar-refractivity contribution is -0.149. The van der Waals surface area contributed by atoms with Gasteiger partial charge in [0.05, 0.1) is 6.54 Å². The Bertz CT molecular complexity index is 1190. The van der Waals surface area contributed by atoms with Crippen LogP contribution in [0.3, 0.4) is 0 Å². The molecule has 0 fully saturated rings. The maximum absolute atomic E-state index is 13.5. The number of nitrogens with one attached hydrogen (secondary N) is 3. The van der Waals surface area contributed by atoms with Crippen molar-refractivity contribution in [3.63, 3.8) is 0 Å². The van der Waals surface area contributed by atoms with Crippen molar-refractivity contribution in [3.05, 3.63) is 108 Å². The summed E-state index contributed by atoms with van der Waals surface area (Å²) in [5.74, 6) is -0.823. The third kappa shape index (κ3) is 10.7. The second-order valence-electron chi connectivity index (χ2n) is 10.5. The molecule has 3 aromatic carbocycles. The summed E-state index contributed by atoms with van der Waals surface area (Å²) in [5.41, 5.74) is 2.96. The molecule has 0 aliphatic rings. The Kier molecular flexibility index (Phi) is 12.4. The van der Waals surface area contributed by atoms with E-state index in [9.17, 15) is 14.4 Å². The number of carbonyl (C=O) groups is 3. The number of benzene rings is 3. The zero-order valence-corrected chi connectivity index (χ0v) is 23.6. The van der Waals surface area contributed by atoms with Crippen LogP contribution in [0.1, 0.15) is 49.8 Å². The first kappa shape index (κ1) is 30.6. The molecule has 3 atom stereocenters. The largest absolute Gasteiger partial charge is 0.459 e. The highest BCUT2D eigenvalue weighted by atomic mass is 16.5. The molecule has 0 aliphatic heterocycles. The second kappa shape index (κ2) is 16.2. The topological polar surface area (TPSA) is 96.5 Å². The molecule has 3 aromatic rings. The van der Waals surface area contributed by atoms with Crippen molar-refractivity contribution in [1.82, 2.24) is 16.0 Å². The summed E-state index contributed by atoms with van der Waals surface area (Å²) in [6, 6.07) is 27.3. The maximum atomic E-state index is 13.5. The van der Waals surface area contributed by atoms with Crippen LogP contribution in [0.25, 0.3) is 0 Å². The standard InChI is InChI=1S/C33H41N3O4/c1-24(2)19-30(33(39)40-23-27-15-9-5-10-16-27)36-32(38)29(20-26-13-7-4-8-14-26)35-31(37)22-34-21-25(3)28-17-11-6-12-18-28/h4-18,24-25,29-30,34H,19-23H2,1-3H3,(H,35,37)(H,36,38)/t25-,29+,30?/m0/s1. The van der Waals surface area contributed by atoms with E-state index >= 15 is 0 Å². The lowest BCUT2D eigenvalue weighted by Gasteiger charge is -2.24. The third-order valence-electron chi connectivity index (χ3n) is 6.57. The van der Waals surface area contributed by atoms with Gasteiger partial charge in [-0.2, -0.15) is 0 Å². The fraction of sp³-hybridized carbons (Fsp3) is 0.364. The van der Waals surface area contributed by atoms with Crippen LogP contribution in [0.4, 0.5) is 0 Å². The fourth-order valence-corrected chi connectivity index (χ4v) is 4.39. The Balaban J connectivity index is 1.62. The van der Waals surface area contributed by atoms with Crippen LogP contribution in [-0.4, -0.2) is 43.0 Å². The first-order valence-corrected chi connectivity index (χ1v) is 13.9. The van der Waals surface area contributed by atoms with Gasteiger partial charge in [0, 0.05) is 13.0 Å². The zero-order valence-electron chi connectivity index (χ0n) is 23.6. The van der Waals surface area contributed by atoms with Gasteiger partial charge in [-0.1, -0.05) is 112 Å². The van der Waals surface area contributed by atoms with Gasteiger partial charge in [0.2, 0.25) is 11.8 Å². The number of rotatable bonds is 15. The van der Waals surface area contributed by atoms with Crippen LogP contribution < -0.4 is 16.0 Å². The highest BCUT2D eigenvalue weighted by Crippen LogP contribution is 2.13. The Hall–Kier alpha value is -3.97. The number of ether oxygens (including phenoxy) is 1. The maximum Gasteiger partial charge on any atom is 0.328 e. The summed E-state index contributed by atoms with van der Waals surface area (Å²) in [4.78, 5) is 39.3. The van der Waals surface area contributed by atoms with Crippen molar-refractivity contribution in [2.45, 2.75) is 58.2 Å². The molecule has 0 saturated carbocycles. The number of amides is 2. The first-order valence-electron chi connectivity index (χ1n) is 13.9. The van der Waals surface area contributed by atoms with E-state index in [1.54, 1.807) is 0 Å². The Labute approximate surface area is 237 Å². The molecule has 0 bridgehead atoms. The normalized spacial score (nSPS) is 13.2. The van der Waals surface area contributed by atoms with Crippen molar-refractivity contribution < 1.29 is 19.1 Å². The average molecular weight is 544 g/mol. The first-order chi connectivity index (χ1) is 19.3. The molecule has 3 rings (SSSR count). The number of carbonyl (C=O) groups excluding carboxylic acids is 3. The summed E-state index contributed by atoms with van der Waals surface area (Å²) >= 11 is 0. The summed E-state index contributed by atoms with van der Waals surface area (Å²) in [6.45, 7) is 6.88. The Morgan fingerprint density at radius 3 is 1.90 bits per heavy atom. The van der Waals surface area contributed by atoms with Crippen LogP contribution in [0.15, 0.2) is 91.0 Å². The van der Waals surface area contributed by atoms with E-state index in [1.807, 2.05) is 92.7 Å². The van der Waals surface area contributed by atoms with Gasteiger partial charge in [0.15, 0.2) is 0 Å². The lowest BCUT2D eigenvalue weighted by Crippen LogP contribution is -2.54. The molecule has 2 amide bonds. The van der Waals surface area contributed by atoms with Crippen LogP contribution in [0.5, 0.6) is 0 Å². The predicted octanol–water partition coefficient (Wildman–Crippen LogP) is 4.38. The highest BCUT2D eigenvalue weighted by Gasteiger charge is 2.28. The number of hydrogen-bond donors (Lipinski definition) is 3. The minimum atomic E-state index is -0.847. The Morgan fingerprint density at radius 1 is 0.725 bits per heavy atom. The smallest absolute Gasteiger partial charge is 0.328 e. The Morgan fingerprint density at radius 2 is 1.30 bits per heavy atom. The van der Waals surface area contributed by atoms with Gasteiger partial charge in [-0.05, 0) is 34.9 Å². The van der Waals surface area contributed by atoms with Gasteiger partial charge in [-0.15, -0.1) is 0 Å². The van der Waals surface area contributed by atoms with E-state index in [-0.39, 0.29) is 30.9 Å². The molecule has 0 spiro atoms. The third-order valence-corrected chi connectivity index (χ3v) is 6.57. The molecule has 0 saturated heterocycles. The molecule has 212 valence electrons. The summed E-state index contributed by atoms with van der Waals surface area (Å²) < 4.78 is 5.53. The van der Waals surface area contributed by atoms with Gasteiger partial charge in [-0.25, -0.2) is 4.79 Å². The van der Waals surface area contributed by atoms with E-state index in [0.717, 1.165) is 11.1 Å². The molecule has 40 heavy (non-hydrogen) atoms. The zero-order chi connectivity index (χ0) is 28.7. The average Bonchev–Trinajstić information content (AvgIpc) is 2.96. The van der Waals surface area contributed by atoms with Gasteiger partial charge in [-0.3, -0.25) is 9.59 Å². The number of hydrogen-bond acceptors (Lipinski definition) is 5. The molecule has 7 nitrogen and oxygen atoms in total. The van der Waals surface area contributed by atoms with Gasteiger partial charge in [0.25, 0.3) is 0 Å². The van der Waals surface area contributed by atoms with Crippen molar-refractivity contribution in [3.8, 4) is 0 Å². The highest BCUT2D eigenvalue weighted by molar-refractivity contribution is 5.91. The van der Waals surface area contributed by atoms with Gasteiger partial charge in [0.1, 0.15) is 18.7 Å². The summed E-state index contributed by atoms with van der Waals surface area (Å²) in [5, 5.41) is 8.92. The molecule has 0 radical (unpaired) electrons. The number of esters is 1. The predicted molar refractivity (Wildman–Crippen MR) is 157 cm³/mol. The minimum absolute atomic E-state index is 0.0737. The minimum Gasteiger partial charge on any atom is -0.459 e. The summed E-state index contributed by atoms with van der Waals surface area (Å²) in [6.07, 6.45) is 0.719. The van der Waals surface area contributed by atoms with Crippen LogP contribution in [0.2, 0.25) is 0 Å². The fourth-order valence-electron chi connectivity index (χ4n) is 4.39. The van der Waals surface area contributed by atoms with Crippen molar-refractivity contribution >= 4 is 17.8 Å². The molecule has 0 aromatic heterocycles. The van der Waals surface area contributed by atoms with Crippen molar-refractivity contribution in [2.75, 3.05) is 13.1 Å². The quantitative estimate of drug-likeness (QED) is 0.247. The molecule has 1 unspecified atom stereocenters. The SMILES string of the molecule is CC(C)CC(NC(=O)[C@@H](Cc1ccccc1)NC(=O)CNC[C@H](C)c1ccccc1)C(=O)OCc1ccccc1. The van der Waals surface area contributed by atoms with Crippen molar-refractivity contribution in [2.24, 2.45) is 5.92 Å². The monoisotopic (exact) mass is 543 g/mol. The molecular weight excluding hydrogens is 502 g/mol. The molecule has 0 heterocycles. The van der Waals surface area contributed by atoms with Crippen LogP contribution in [-0.2, 0) is 32.1 Å². The van der Waals surface area contributed by atoms with E-state index in [1.165, 1.54) is 5.56 Å². The lowest BCUT2D eigenvalue weighted by atomic mass is 10.0.